The van der Waals surface area contributed by atoms with E-state index in [1.807, 2.05) is 6.92 Å². The summed E-state index contributed by atoms with van der Waals surface area (Å²) in [5.41, 5.74) is 0. The topological polar surface area (TPSA) is 30.7 Å². The van der Waals surface area contributed by atoms with Gasteiger partial charge in [-0.3, -0.25) is 0 Å². The maximum Gasteiger partial charge on any atom is 0.451 e. The van der Waals surface area contributed by atoms with Crippen molar-refractivity contribution in [1.29, 1.82) is 0 Å². The number of aromatic nitrogens is 3. The summed E-state index contributed by atoms with van der Waals surface area (Å²) in [4.78, 5) is 0. The number of rotatable bonds is 0. The van der Waals surface area contributed by atoms with E-state index in [1.165, 1.54) is 4.57 Å². The maximum absolute atomic E-state index is 12.4. The van der Waals surface area contributed by atoms with Crippen LogP contribution in [0.1, 0.15) is 25.0 Å². The molecule has 0 bridgehead atoms. The molecule has 0 N–H and O–H groups in total. The summed E-state index contributed by atoms with van der Waals surface area (Å²) in [5.74, 6) is -0.144. The van der Waals surface area contributed by atoms with Crippen molar-refractivity contribution in [2.75, 3.05) is 0 Å². The van der Waals surface area contributed by atoms with Crippen LogP contribution in [0, 0.1) is 5.92 Å². The van der Waals surface area contributed by atoms with E-state index in [4.69, 9.17) is 0 Å². The maximum atomic E-state index is 12.4. The van der Waals surface area contributed by atoms with Gasteiger partial charge in [-0.2, -0.15) is 13.2 Å². The highest BCUT2D eigenvalue weighted by Gasteiger charge is 2.39. The highest BCUT2D eigenvalue weighted by Crippen LogP contribution is 2.30. The second-order valence-corrected chi connectivity index (χ2v) is 3.69. The number of hydrogen-bond acceptors (Lipinski definition) is 2. The number of aryl methyl sites for hydroxylation is 1. The van der Waals surface area contributed by atoms with Crippen LogP contribution in [0.4, 0.5) is 13.2 Å². The van der Waals surface area contributed by atoms with Crippen molar-refractivity contribution in [2.24, 2.45) is 5.92 Å². The molecule has 14 heavy (non-hydrogen) atoms. The average Bonchev–Trinajstić information content (AvgIpc) is 2.45. The Kier molecular flexibility index (Phi) is 2.01. The molecule has 1 aliphatic rings. The number of hydrogen-bond donors (Lipinski definition) is 0. The molecule has 0 amide bonds. The summed E-state index contributed by atoms with van der Waals surface area (Å²) in [6.07, 6.45) is -2.91. The molecule has 0 radical (unpaired) electrons. The summed E-state index contributed by atoms with van der Waals surface area (Å²) >= 11 is 0. The Morgan fingerprint density at radius 1 is 1.36 bits per heavy atom. The molecule has 0 aliphatic carbocycles. The summed E-state index contributed by atoms with van der Waals surface area (Å²) in [6, 6.07) is 0. The predicted octanol–water partition coefficient (Wildman–Crippen LogP) is 1.88. The predicted molar refractivity (Wildman–Crippen MR) is 42.5 cm³/mol. The molecule has 1 aromatic rings. The monoisotopic (exact) mass is 205 g/mol. The summed E-state index contributed by atoms with van der Waals surface area (Å²) < 4.78 is 38.4. The second-order valence-electron chi connectivity index (χ2n) is 3.69. The zero-order valence-electron chi connectivity index (χ0n) is 7.67. The first-order valence-electron chi connectivity index (χ1n) is 4.48. The third kappa shape index (κ3) is 1.49. The minimum atomic E-state index is -4.39. The molecule has 1 atom stereocenters. The third-order valence-electron chi connectivity index (χ3n) is 2.44. The summed E-state index contributed by atoms with van der Waals surface area (Å²) in [5, 5.41) is 6.74. The SMILES string of the molecule is CC1CCc2nnc(C(F)(F)F)n2C1. The van der Waals surface area contributed by atoms with Gasteiger partial charge in [0.15, 0.2) is 0 Å². The van der Waals surface area contributed by atoms with E-state index in [9.17, 15) is 13.2 Å². The number of halogens is 3. The van der Waals surface area contributed by atoms with Gasteiger partial charge in [-0.05, 0) is 12.3 Å². The molecule has 0 aromatic carbocycles. The lowest BCUT2D eigenvalue weighted by Crippen LogP contribution is -2.23. The summed E-state index contributed by atoms with van der Waals surface area (Å²) in [7, 11) is 0. The molecule has 6 heteroatoms. The van der Waals surface area contributed by atoms with Crippen LogP contribution in [-0.4, -0.2) is 14.8 Å². The van der Waals surface area contributed by atoms with E-state index in [2.05, 4.69) is 10.2 Å². The van der Waals surface area contributed by atoms with Gasteiger partial charge in [0.05, 0.1) is 0 Å². The first kappa shape index (κ1) is 9.48. The molecule has 1 aromatic heterocycles. The van der Waals surface area contributed by atoms with E-state index >= 15 is 0 Å². The van der Waals surface area contributed by atoms with E-state index in [0.29, 0.717) is 18.8 Å². The van der Waals surface area contributed by atoms with Crippen LogP contribution in [0.3, 0.4) is 0 Å². The van der Waals surface area contributed by atoms with Crippen molar-refractivity contribution < 1.29 is 13.2 Å². The molecule has 0 fully saturated rings. The Labute approximate surface area is 78.9 Å². The zero-order valence-corrected chi connectivity index (χ0v) is 7.67. The third-order valence-corrected chi connectivity index (χ3v) is 2.44. The Hall–Kier alpha value is -1.07. The van der Waals surface area contributed by atoms with Gasteiger partial charge in [0, 0.05) is 13.0 Å². The van der Waals surface area contributed by atoms with E-state index in [-0.39, 0.29) is 5.92 Å². The molecule has 0 spiro atoms. The van der Waals surface area contributed by atoms with Crippen molar-refractivity contribution in [2.45, 2.75) is 32.5 Å². The average molecular weight is 205 g/mol. The minimum absolute atomic E-state index is 0.264. The fourth-order valence-electron chi connectivity index (χ4n) is 1.70. The number of alkyl halides is 3. The molecule has 3 nitrogen and oxygen atoms in total. The van der Waals surface area contributed by atoms with Gasteiger partial charge in [-0.25, -0.2) is 0 Å². The highest BCUT2D eigenvalue weighted by atomic mass is 19.4. The number of fused-ring (bicyclic) bond motifs is 1. The first-order valence-corrected chi connectivity index (χ1v) is 4.48. The smallest absolute Gasteiger partial charge is 0.307 e. The molecule has 0 saturated heterocycles. The lowest BCUT2D eigenvalue weighted by molar-refractivity contribution is -0.148. The van der Waals surface area contributed by atoms with Gasteiger partial charge in [-0.1, -0.05) is 6.92 Å². The van der Waals surface area contributed by atoms with E-state index in [1.54, 1.807) is 0 Å². The normalized spacial score (nSPS) is 22.1. The largest absolute Gasteiger partial charge is 0.451 e. The lowest BCUT2D eigenvalue weighted by Gasteiger charge is -2.21. The van der Waals surface area contributed by atoms with Gasteiger partial charge in [-0.15, -0.1) is 10.2 Å². The Balaban J connectivity index is 2.41. The Bertz CT molecular complexity index is 342. The van der Waals surface area contributed by atoms with Gasteiger partial charge >= 0.3 is 6.18 Å². The first-order chi connectivity index (χ1) is 6.48. The highest BCUT2D eigenvalue weighted by molar-refractivity contribution is 5.02. The van der Waals surface area contributed by atoms with Crippen LogP contribution in [0.2, 0.25) is 0 Å². The van der Waals surface area contributed by atoms with Gasteiger partial charge < -0.3 is 4.57 Å². The van der Waals surface area contributed by atoms with Crippen molar-refractivity contribution >= 4 is 0 Å². The van der Waals surface area contributed by atoms with E-state index in [0.717, 1.165) is 6.42 Å². The lowest BCUT2D eigenvalue weighted by atomic mass is 10.0. The molecule has 2 rings (SSSR count). The quantitative estimate of drug-likeness (QED) is 0.647. The molecule has 78 valence electrons. The van der Waals surface area contributed by atoms with Crippen molar-refractivity contribution in [3.8, 4) is 0 Å². The molecular weight excluding hydrogens is 195 g/mol. The number of nitrogens with zero attached hydrogens (tertiary/aromatic N) is 3. The molecule has 2 heterocycles. The fraction of sp³-hybridized carbons (Fsp3) is 0.750. The van der Waals surface area contributed by atoms with Gasteiger partial charge in [0.2, 0.25) is 5.82 Å². The van der Waals surface area contributed by atoms with E-state index < -0.39 is 12.0 Å². The Morgan fingerprint density at radius 3 is 2.71 bits per heavy atom. The van der Waals surface area contributed by atoms with Crippen LogP contribution in [-0.2, 0) is 19.1 Å². The van der Waals surface area contributed by atoms with Gasteiger partial charge in [0.25, 0.3) is 0 Å². The fourth-order valence-corrected chi connectivity index (χ4v) is 1.70. The molecule has 0 saturated carbocycles. The van der Waals surface area contributed by atoms with Crippen LogP contribution >= 0.6 is 0 Å². The second kappa shape index (κ2) is 2.96. The van der Waals surface area contributed by atoms with Crippen molar-refractivity contribution in [3.63, 3.8) is 0 Å². The van der Waals surface area contributed by atoms with Crippen LogP contribution < -0.4 is 0 Å². The molecule has 1 unspecified atom stereocenters. The minimum Gasteiger partial charge on any atom is -0.307 e. The van der Waals surface area contributed by atoms with Gasteiger partial charge in [0.1, 0.15) is 5.82 Å². The summed E-state index contributed by atoms with van der Waals surface area (Å²) in [6.45, 7) is 2.31. The van der Waals surface area contributed by atoms with Crippen molar-refractivity contribution in [1.82, 2.24) is 14.8 Å². The van der Waals surface area contributed by atoms with Crippen LogP contribution in [0.15, 0.2) is 0 Å². The standard InChI is InChI=1S/C8H10F3N3/c1-5-2-3-6-12-13-7(8(9,10)11)14(6)4-5/h5H,2-4H2,1H3. The molecule has 1 aliphatic heterocycles. The van der Waals surface area contributed by atoms with Crippen molar-refractivity contribution in [3.05, 3.63) is 11.6 Å². The molecular formula is C8H10F3N3. The van der Waals surface area contributed by atoms with Crippen LogP contribution in [0.25, 0.3) is 0 Å². The zero-order chi connectivity index (χ0) is 10.3. The van der Waals surface area contributed by atoms with Crippen LogP contribution in [0.5, 0.6) is 0 Å². The Morgan fingerprint density at radius 2 is 2.07 bits per heavy atom.